The zero-order valence-electron chi connectivity index (χ0n) is 41.2. The Morgan fingerprint density at radius 1 is 0.500 bits per heavy atom. The highest BCUT2D eigenvalue weighted by Gasteiger charge is 2.27. The molecule has 0 saturated carbocycles. The predicted molar refractivity (Wildman–Crippen MR) is 270 cm³/mol. The topological polar surface area (TPSA) is 108 Å². The number of quaternary nitrogens is 1. The highest BCUT2D eigenvalue weighted by atomic mass is 31.2. The van der Waals surface area contributed by atoms with E-state index in [4.69, 9.17) is 18.5 Å². The molecule has 0 heterocycles. The minimum Gasteiger partial charge on any atom is -0.462 e. The molecule has 0 fully saturated rings. The Hall–Kier alpha value is -3.07. The van der Waals surface area contributed by atoms with Crippen LogP contribution in [-0.4, -0.2) is 74.9 Å². The summed E-state index contributed by atoms with van der Waals surface area (Å²) in [6, 6.07) is 0. The molecule has 2 unspecified atom stereocenters. The normalized spacial score (nSPS) is 14.3. The third kappa shape index (κ3) is 48.4. The number of hydrogen-bond acceptors (Lipinski definition) is 7. The fourth-order valence-corrected chi connectivity index (χ4v) is 7.01. The second-order valence-corrected chi connectivity index (χ2v) is 18.9. The van der Waals surface area contributed by atoms with Crippen molar-refractivity contribution in [2.24, 2.45) is 0 Å². The van der Waals surface area contributed by atoms with Gasteiger partial charge in [0.2, 0.25) is 0 Å². The summed E-state index contributed by atoms with van der Waals surface area (Å²) in [5.74, 6) is -0.821. The lowest BCUT2D eigenvalue weighted by molar-refractivity contribution is -0.870. The van der Waals surface area contributed by atoms with Gasteiger partial charge in [0.15, 0.2) is 6.10 Å². The van der Waals surface area contributed by atoms with Crippen LogP contribution in [-0.2, 0) is 32.7 Å². The standard InChI is InChI=1S/C54H92NO8P/c1-6-8-10-12-14-15-16-17-18-19-20-21-22-23-24-25-26-27-28-29-30-31-32-33-34-35-36-37-38-39-41-43-45-47-54(57)63-52(51-62-64(58,59)61-49-48-55(3,4)5)50-60-53(56)46-44-42-40-13-11-9-7-2/h8,10,14-15,17-18,20-21,23-24,26-27,29-30,32-33,52H,6-7,9,11-13,16,19,22,25,28,31,34-51H2,1-5H3/p+1/b10-8-,15-14-,18-17-,21-20-,24-23-,27-26-,30-29-,33-32-. The molecule has 0 aromatic rings. The van der Waals surface area contributed by atoms with Crippen LogP contribution >= 0.6 is 7.82 Å². The first kappa shape index (κ1) is 60.9. The first-order valence-corrected chi connectivity index (χ1v) is 26.5. The third-order valence-corrected chi connectivity index (χ3v) is 11.1. The number of allylic oxidation sites excluding steroid dienone is 16. The summed E-state index contributed by atoms with van der Waals surface area (Å²) in [7, 11) is 1.46. The summed E-state index contributed by atoms with van der Waals surface area (Å²) < 4.78 is 34.2. The van der Waals surface area contributed by atoms with Crippen LogP contribution in [0.4, 0.5) is 0 Å². The Morgan fingerprint density at radius 2 is 0.891 bits per heavy atom. The largest absolute Gasteiger partial charge is 0.472 e. The molecule has 366 valence electrons. The summed E-state index contributed by atoms with van der Waals surface area (Å²) >= 11 is 0. The summed E-state index contributed by atoms with van der Waals surface area (Å²) in [4.78, 5) is 35.2. The molecule has 9 nitrogen and oxygen atoms in total. The Labute approximate surface area is 392 Å². The van der Waals surface area contributed by atoms with Gasteiger partial charge >= 0.3 is 19.8 Å². The number of rotatable bonds is 44. The number of esters is 2. The minimum absolute atomic E-state index is 0.0260. The number of carbonyl (C=O) groups is 2. The molecule has 0 bridgehead atoms. The summed E-state index contributed by atoms with van der Waals surface area (Å²) in [5, 5.41) is 0. The quantitative estimate of drug-likeness (QED) is 0.0212. The second-order valence-electron chi connectivity index (χ2n) is 17.5. The molecule has 2 atom stereocenters. The van der Waals surface area contributed by atoms with Crippen molar-refractivity contribution in [3.8, 4) is 0 Å². The number of phosphoric ester groups is 1. The lowest BCUT2D eigenvalue weighted by Crippen LogP contribution is -2.37. The van der Waals surface area contributed by atoms with E-state index in [9.17, 15) is 19.0 Å². The fourth-order valence-electron chi connectivity index (χ4n) is 6.26. The summed E-state index contributed by atoms with van der Waals surface area (Å²) in [5.41, 5.74) is 0. The van der Waals surface area contributed by atoms with Gasteiger partial charge in [-0.2, -0.15) is 0 Å². The van der Waals surface area contributed by atoms with Crippen LogP contribution < -0.4 is 0 Å². The molecule has 0 aromatic carbocycles. The molecule has 0 saturated heterocycles. The Kier molecular flexibility index (Phi) is 42.9. The van der Waals surface area contributed by atoms with Crippen molar-refractivity contribution in [2.75, 3.05) is 47.5 Å². The molecule has 0 aliphatic carbocycles. The number of hydrogen-bond donors (Lipinski definition) is 1. The van der Waals surface area contributed by atoms with Crippen molar-refractivity contribution in [3.63, 3.8) is 0 Å². The van der Waals surface area contributed by atoms with Gasteiger partial charge in [-0.3, -0.25) is 18.6 Å². The lowest BCUT2D eigenvalue weighted by Gasteiger charge is -2.24. The van der Waals surface area contributed by atoms with Crippen molar-refractivity contribution < 1.29 is 42.1 Å². The van der Waals surface area contributed by atoms with Gasteiger partial charge in [0.05, 0.1) is 27.7 Å². The van der Waals surface area contributed by atoms with E-state index in [0.717, 1.165) is 96.3 Å². The minimum atomic E-state index is -4.38. The van der Waals surface area contributed by atoms with Crippen molar-refractivity contribution >= 4 is 19.8 Å². The predicted octanol–water partition coefficient (Wildman–Crippen LogP) is 14.9. The Balaban J connectivity index is 4.10. The van der Waals surface area contributed by atoms with E-state index in [2.05, 4.69) is 111 Å². The summed E-state index contributed by atoms with van der Waals surface area (Å²) in [6.07, 6.45) is 60.6. The molecule has 64 heavy (non-hydrogen) atoms. The average molecular weight is 915 g/mol. The van der Waals surface area contributed by atoms with Gasteiger partial charge in [-0.05, 0) is 77.0 Å². The molecule has 0 spiro atoms. The van der Waals surface area contributed by atoms with Gasteiger partial charge in [-0.25, -0.2) is 4.57 Å². The smallest absolute Gasteiger partial charge is 0.462 e. The molecule has 0 radical (unpaired) electrons. The van der Waals surface area contributed by atoms with Gasteiger partial charge in [-0.15, -0.1) is 0 Å². The first-order chi connectivity index (χ1) is 31.0. The monoisotopic (exact) mass is 915 g/mol. The van der Waals surface area contributed by atoms with Gasteiger partial charge in [-0.1, -0.05) is 188 Å². The number of unbranched alkanes of at least 4 members (excludes halogenated alkanes) is 14. The molecular weight excluding hydrogens is 822 g/mol. The zero-order chi connectivity index (χ0) is 47.1. The van der Waals surface area contributed by atoms with Crippen LogP contribution in [0.15, 0.2) is 97.2 Å². The van der Waals surface area contributed by atoms with E-state index < -0.39 is 26.5 Å². The van der Waals surface area contributed by atoms with Crippen LogP contribution in [0.3, 0.4) is 0 Å². The Morgan fingerprint density at radius 3 is 1.33 bits per heavy atom. The van der Waals surface area contributed by atoms with Gasteiger partial charge in [0.25, 0.3) is 0 Å². The molecule has 10 heteroatoms. The van der Waals surface area contributed by atoms with Crippen molar-refractivity contribution in [2.45, 2.75) is 187 Å². The second kappa shape index (κ2) is 45.1. The molecule has 1 N–H and O–H groups in total. The van der Waals surface area contributed by atoms with Crippen LogP contribution in [0.2, 0.25) is 0 Å². The summed E-state index contributed by atoms with van der Waals surface area (Å²) in [6.45, 7) is 4.23. The number of likely N-dealkylation sites (N-methyl/N-ethyl adjacent to an activating group) is 1. The zero-order valence-corrected chi connectivity index (χ0v) is 42.1. The molecule has 0 aliphatic heterocycles. The highest BCUT2D eigenvalue weighted by molar-refractivity contribution is 7.47. The van der Waals surface area contributed by atoms with Crippen LogP contribution in [0.5, 0.6) is 0 Å². The van der Waals surface area contributed by atoms with E-state index in [1.165, 1.54) is 51.4 Å². The average Bonchev–Trinajstić information content (AvgIpc) is 3.25. The lowest BCUT2D eigenvalue weighted by atomic mass is 10.1. The van der Waals surface area contributed by atoms with Gasteiger partial charge in [0.1, 0.15) is 19.8 Å². The SMILES string of the molecule is CC/C=C\C/C=C\C/C=C\C/C=C\C/C=C\C/C=C\C/C=C\C/C=C\CCCCCCCCCCC(=O)OC(COC(=O)CCCCCCCCC)COP(=O)(O)OCC[N+](C)(C)C. The van der Waals surface area contributed by atoms with E-state index in [1.807, 2.05) is 21.1 Å². The number of nitrogens with zero attached hydrogens (tertiary/aromatic N) is 1. The van der Waals surface area contributed by atoms with Crippen molar-refractivity contribution in [3.05, 3.63) is 97.2 Å². The van der Waals surface area contributed by atoms with E-state index >= 15 is 0 Å². The molecule has 0 amide bonds. The number of ether oxygens (including phenoxy) is 2. The maximum Gasteiger partial charge on any atom is 0.472 e. The van der Waals surface area contributed by atoms with Crippen LogP contribution in [0, 0.1) is 0 Å². The molecule has 0 aromatic heterocycles. The molecule has 0 aliphatic rings. The van der Waals surface area contributed by atoms with Crippen LogP contribution in [0.25, 0.3) is 0 Å². The van der Waals surface area contributed by atoms with Gasteiger partial charge < -0.3 is 18.9 Å². The van der Waals surface area contributed by atoms with Gasteiger partial charge in [0, 0.05) is 12.8 Å². The molecular formula is C54H93NO8P+. The molecule has 0 rings (SSSR count). The van der Waals surface area contributed by atoms with Crippen LogP contribution in [0.1, 0.15) is 181 Å². The maximum absolute atomic E-state index is 12.7. The van der Waals surface area contributed by atoms with E-state index in [0.29, 0.717) is 17.4 Å². The number of carbonyl (C=O) groups excluding carboxylic acids is 2. The maximum atomic E-state index is 12.7. The highest BCUT2D eigenvalue weighted by Crippen LogP contribution is 2.43. The third-order valence-electron chi connectivity index (χ3n) is 10.1. The van der Waals surface area contributed by atoms with Crippen molar-refractivity contribution in [1.82, 2.24) is 0 Å². The first-order valence-electron chi connectivity index (χ1n) is 25.0. The van der Waals surface area contributed by atoms with E-state index in [-0.39, 0.29) is 32.0 Å². The number of phosphoric acid groups is 1. The Bertz CT molecular complexity index is 1400. The van der Waals surface area contributed by atoms with E-state index in [1.54, 1.807) is 0 Å². The van der Waals surface area contributed by atoms with Crippen molar-refractivity contribution in [1.29, 1.82) is 0 Å². The fraction of sp³-hybridized carbons (Fsp3) is 0.667.